The average Bonchev–Trinajstić information content (AvgIpc) is 2.41. The van der Waals surface area contributed by atoms with Crippen LogP contribution in [-0.4, -0.2) is 78.9 Å². The summed E-state index contributed by atoms with van der Waals surface area (Å²) in [5.41, 5.74) is 0. The SMILES string of the molecule is CC1CN(C(=O)C2CCCN(CC(F)F)C2)C(C)CN1C. The fourth-order valence-electron chi connectivity index (χ4n) is 3.46. The number of piperazine rings is 1. The minimum absolute atomic E-state index is 0.115. The van der Waals surface area contributed by atoms with Crippen LogP contribution in [0.5, 0.6) is 0 Å². The second kappa shape index (κ2) is 7.01. The summed E-state index contributed by atoms with van der Waals surface area (Å²) in [6.07, 6.45) is -0.659. The maximum Gasteiger partial charge on any atom is 0.251 e. The molecule has 0 radical (unpaired) electrons. The van der Waals surface area contributed by atoms with E-state index >= 15 is 0 Å². The lowest BCUT2D eigenvalue weighted by Crippen LogP contribution is -2.59. The van der Waals surface area contributed by atoms with Crippen molar-refractivity contribution in [2.45, 2.75) is 45.2 Å². The molecular weight excluding hydrogens is 276 g/mol. The third-order valence-corrected chi connectivity index (χ3v) is 4.83. The first kappa shape index (κ1) is 16.6. The Morgan fingerprint density at radius 1 is 1.19 bits per heavy atom. The summed E-state index contributed by atoms with van der Waals surface area (Å²) < 4.78 is 25.0. The van der Waals surface area contributed by atoms with Gasteiger partial charge < -0.3 is 4.90 Å². The van der Waals surface area contributed by atoms with Crippen molar-refractivity contribution in [1.29, 1.82) is 0 Å². The molecule has 3 unspecified atom stereocenters. The van der Waals surface area contributed by atoms with Crippen LogP contribution in [0.2, 0.25) is 0 Å². The molecule has 2 saturated heterocycles. The van der Waals surface area contributed by atoms with Gasteiger partial charge in [-0.1, -0.05) is 0 Å². The quantitative estimate of drug-likeness (QED) is 0.791. The van der Waals surface area contributed by atoms with Crippen LogP contribution in [0.3, 0.4) is 0 Å². The fraction of sp³-hybridized carbons (Fsp3) is 0.933. The van der Waals surface area contributed by atoms with E-state index in [9.17, 15) is 13.6 Å². The van der Waals surface area contributed by atoms with Crippen LogP contribution in [0.1, 0.15) is 26.7 Å². The van der Waals surface area contributed by atoms with E-state index in [1.54, 1.807) is 4.90 Å². The molecule has 0 bridgehead atoms. The maximum absolute atomic E-state index is 12.7. The number of carbonyl (C=O) groups excluding carboxylic acids is 1. The molecule has 0 saturated carbocycles. The highest BCUT2D eigenvalue weighted by Gasteiger charge is 2.35. The maximum atomic E-state index is 12.7. The number of hydrogen-bond acceptors (Lipinski definition) is 3. The topological polar surface area (TPSA) is 26.8 Å². The molecule has 2 rings (SSSR count). The molecule has 3 atom stereocenters. The third-order valence-electron chi connectivity index (χ3n) is 4.83. The van der Waals surface area contributed by atoms with Crippen molar-refractivity contribution in [2.75, 3.05) is 39.8 Å². The van der Waals surface area contributed by atoms with Crippen molar-refractivity contribution in [1.82, 2.24) is 14.7 Å². The van der Waals surface area contributed by atoms with E-state index in [-0.39, 0.29) is 24.4 Å². The van der Waals surface area contributed by atoms with E-state index in [2.05, 4.69) is 25.8 Å². The van der Waals surface area contributed by atoms with Crippen molar-refractivity contribution in [2.24, 2.45) is 5.92 Å². The van der Waals surface area contributed by atoms with Crippen LogP contribution in [0.15, 0.2) is 0 Å². The average molecular weight is 303 g/mol. The Balaban J connectivity index is 1.95. The van der Waals surface area contributed by atoms with Gasteiger partial charge in [0.05, 0.1) is 12.5 Å². The Labute approximate surface area is 126 Å². The Kier molecular flexibility index (Phi) is 5.54. The van der Waals surface area contributed by atoms with Crippen molar-refractivity contribution < 1.29 is 13.6 Å². The van der Waals surface area contributed by atoms with Crippen molar-refractivity contribution in [3.05, 3.63) is 0 Å². The van der Waals surface area contributed by atoms with E-state index in [0.717, 1.165) is 25.9 Å². The van der Waals surface area contributed by atoms with Gasteiger partial charge in [0.15, 0.2) is 0 Å². The number of amides is 1. The van der Waals surface area contributed by atoms with Crippen molar-refractivity contribution >= 4 is 5.91 Å². The normalized spacial score (nSPS) is 32.7. The number of likely N-dealkylation sites (N-methyl/N-ethyl adjacent to an activating group) is 1. The molecule has 0 N–H and O–H groups in total. The van der Waals surface area contributed by atoms with Gasteiger partial charge in [-0.2, -0.15) is 0 Å². The summed E-state index contributed by atoms with van der Waals surface area (Å²) in [5.74, 6) is 0.0389. The smallest absolute Gasteiger partial charge is 0.251 e. The lowest BCUT2D eigenvalue weighted by molar-refractivity contribution is -0.143. The Morgan fingerprint density at radius 3 is 2.57 bits per heavy atom. The molecular formula is C15H27F2N3O. The number of piperidine rings is 1. The van der Waals surface area contributed by atoms with E-state index in [4.69, 9.17) is 0 Å². The number of carbonyl (C=O) groups is 1. The number of alkyl halides is 2. The standard InChI is InChI=1S/C15H27F2N3O/c1-11-8-20(12(2)7-18(11)3)15(21)13-5-4-6-19(9-13)10-14(16)17/h11-14H,4-10H2,1-3H3. The van der Waals surface area contributed by atoms with Gasteiger partial charge >= 0.3 is 0 Å². The summed E-state index contributed by atoms with van der Waals surface area (Å²) in [6.45, 7) is 6.76. The molecule has 0 aliphatic carbocycles. The first-order valence-electron chi connectivity index (χ1n) is 7.89. The molecule has 21 heavy (non-hydrogen) atoms. The first-order chi connectivity index (χ1) is 9.88. The Morgan fingerprint density at radius 2 is 1.90 bits per heavy atom. The van der Waals surface area contributed by atoms with E-state index in [1.807, 2.05) is 4.90 Å². The summed E-state index contributed by atoms with van der Waals surface area (Å²) in [6, 6.07) is 0.551. The summed E-state index contributed by atoms with van der Waals surface area (Å²) in [4.78, 5) is 18.7. The molecule has 0 aromatic rings. The monoisotopic (exact) mass is 303 g/mol. The molecule has 0 spiro atoms. The lowest BCUT2D eigenvalue weighted by Gasteiger charge is -2.44. The first-order valence-corrected chi connectivity index (χ1v) is 7.89. The predicted molar refractivity (Wildman–Crippen MR) is 78.4 cm³/mol. The van der Waals surface area contributed by atoms with E-state index in [0.29, 0.717) is 19.1 Å². The molecule has 2 fully saturated rings. The van der Waals surface area contributed by atoms with Gasteiger partial charge in [-0.3, -0.25) is 14.6 Å². The third kappa shape index (κ3) is 4.13. The summed E-state index contributed by atoms with van der Waals surface area (Å²) >= 11 is 0. The zero-order valence-electron chi connectivity index (χ0n) is 13.3. The summed E-state index contributed by atoms with van der Waals surface area (Å²) in [5, 5.41) is 0. The Hall–Kier alpha value is -0.750. The molecule has 0 aromatic heterocycles. The molecule has 2 aliphatic rings. The van der Waals surface area contributed by atoms with E-state index in [1.165, 1.54) is 0 Å². The molecule has 2 aliphatic heterocycles. The van der Waals surface area contributed by atoms with Crippen molar-refractivity contribution in [3.8, 4) is 0 Å². The largest absolute Gasteiger partial charge is 0.337 e. The molecule has 6 heteroatoms. The van der Waals surface area contributed by atoms with Gasteiger partial charge in [-0.05, 0) is 40.3 Å². The molecule has 0 aromatic carbocycles. The highest BCUT2D eigenvalue weighted by atomic mass is 19.3. The molecule has 122 valence electrons. The second-order valence-electron chi connectivity index (χ2n) is 6.62. The zero-order valence-corrected chi connectivity index (χ0v) is 13.3. The number of hydrogen-bond donors (Lipinski definition) is 0. The lowest BCUT2D eigenvalue weighted by atomic mass is 9.95. The van der Waals surface area contributed by atoms with Gasteiger partial charge in [0, 0.05) is 31.7 Å². The molecule has 4 nitrogen and oxygen atoms in total. The number of nitrogens with zero attached hydrogens (tertiary/aromatic N) is 3. The molecule has 1 amide bonds. The highest BCUT2D eigenvalue weighted by molar-refractivity contribution is 5.79. The van der Waals surface area contributed by atoms with Crippen molar-refractivity contribution in [3.63, 3.8) is 0 Å². The number of halogens is 2. The van der Waals surface area contributed by atoms with E-state index < -0.39 is 6.43 Å². The summed E-state index contributed by atoms with van der Waals surface area (Å²) in [7, 11) is 2.08. The van der Waals surface area contributed by atoms with Gasteiger partial charge in [0.25, 0.3) is 6.43 Å². The fourth-order valence-corrected chi connectivity index (χ4v) is 3.46. The zero-order chi connectivity index (χ0) is 15.6. The predicted octanol–water partition coefficient (Wildman–Crippen LogP) is 1.51. The minimum Gasteiger partial charge on any atom is -0.337 e. The van der Waals surface area contributed by atoms with Crippen LogP contribution in [-0.2, 0) is 4.79 Å². The van der Waals surface area contributed by atoms with Crippen LogP contribution in [0.4, 0.5) is 8.78 Å². The van der Waals surface area contributed by atoms with Crippen LogP contribution in [0.25, 0.3) is 0 Å². The van der Waals surface area contributed by atoms with Gasteiger partial charge in [0.1, 0.15) is 0 Å². The Bertz CT molecular complexity index is 367. The minimum atomic E-state index is -2.32. The van der Waals surface area contributed by atoms with Crippen LogP contribution in [0, 0.1) is 5.92 Å². The van der Waals surface area contributed by atoms with Gasteiger partial charge in [-0.25, -0.2) is 8.78 Å². The number of likely N-dealkylation sites (tertiary alicyclic amines) is 1. The van der Waals surface area contributed by atoms with Gasteiger partial charge in [-0.15, -0.1) is 0 Å². The highest BCUT2D eigenvalue weighted by Crippen LogP contribution is 2.23. The second-order valence-corrected chi connectivity index (χ2v) is 6.62. The number of rotatable bonds is 3. The molecule has 2 heterocycles. The van der Waals surface area contributed by atoms with Crippen LogP contribution < -0.4 is 0 Å². The van der Waals surface area contributed by atoms with Crippen LogP contribution >= 0.6 is 0 Å². The van der Waals surface area contributed by atoms with Gasteiger partial charge in [0.2, 0.25) is 5.91 Å².